The van der Waals surface area contributed by atoms with E-state index in [0.29, 0.717) is 6.54 Å². The molecule has 1 aromatic heterocycles. The van der Waals surface area contributed by atoms with Crippen LogP contribution >= 0.6 is 0 Å². The number of rotatable bonds is 8. The number of benzene rings is 1. The van der Waals surface area contributed by atoms with Crippen molar-refractivity contribution < 1.29 is 9.15 Å². The zero-order valence-corrected chi connectivity index (χ0v) is 13.7. The van der Waals surface area contributed by atoms with E-state index in [4.69, 9.17) is 14.9 Å². The molecule has 2 rings (SSSR count). The van der Waals surface area contributed by atoms with Crippen molar-refractivity contribution >= 4 is 0 Å². The van der Waals surface area contributed by atoms with Crippen LogP contribution in [0, 0.1) is 5.41 Å². The van der Waals surface area contributed by atoms with E-state index in [1.165, 1.54) is 5.56 Å². The summed E-state index contributed by atoms with van der Waals surface area (Å²) >= 11 is 0. The molecule has 22 heavy (non-hydrogen) atoms. The van der Waals surface area contributed by atoms with Gasteiger partial charge < -0.3 is 14.9 Å². The molecule has 0 unspecified atom stereocenters. The third-order valence-electron chi connectivity index (χ3n) is 3.73. The highest BCUT2D eigenvalue weighted by atomic mass is 16.5. The molecular formula is C18H26N2O2. The molecule has 4 nitrogen and oxygen atoms in total. The van der Waals surface area contributed by atoms with Crippen LogP contribution in [0.5, 0.6) is 5.75 Å². The Kier molecular flexibility index (Phi) is 5.63. The van der Waals surface area contributed by atoms with E-state index in [1.54, 1.807) is 13.4 Å². The second-order valence-electron chi connectivity index (χ2n) is 6.44. The third kappa shape index (κ3) is 4.90. The van der Waals surface area contributed by atoms with E-state index in [9.17, 15) is 0 Å². The highest BCUT2D eigenvalue weighted by Crippen LogP contribution is 2.20. The second kappa shape index (κ2) is 7.47. The molecule has 0 atom stereocenters. The molecule has 0 radical (unpaired) electrons. The van der Waals surface area contributed by atoms with Crippen LogP contribution in [-0.4, -0.2) is 25.1 Å². The van der Waals surface area contributed by atoms with Crippen LogP contribution in [0.3, 0.4) is 0 Å². The van der Waals surface area contributed by atoms with Gasteiger partial charge in [0.1, 0.15) is 11.5 Å². The van der Waals surface area contributed by atoms with Gasteiger partial charge in [-0.1, -0.05) is 26.0 Å². The molecule has 120 valence electrons. The molecule has 0 amide bonds. The van der Waals surface area contributed by atoms with Crippen molar-refractivity contribution in [1.29, 1.82) is 0 Å². The molecule has 0 aliphatic heterocycles. The Hall–Kier alpha value is -1.78. The van der Waals surface area contributed by atoms with E-state index in [1.807, 2.05) is 24.3 Å². The van der Waals surface area contributed by atoms with Crippen molar-refractivity contribution in [3.05, 3.63) is 54.0 Å². The van der Waals surface area contributed by atoms with Crippen LogP contribution in [-0.2, 0) is 13.1 Å². The quantitative estimate of drug-likeness (QED) is 0.813. The number of hydrogen-bond donors (Lipinski definition) is 1. The monoisotopic (exact) mass is 302 g/mol. The van der Waals surface area contributed by atoms with Crippen molar-refractivity contribution in [1.82, 2.24) is 4.90 Å². The van der Waals surface area contributed by atoms with Crippen LogP contribution in [0.1, 0.15) is 25.2 Å². The molecule has 4 heteroatoms. The van der Waals surface area contributed by atoms with Crippen molar-refractivity contribution in [3.63, 3.8) is 0 Å². The first-order valence-corrected chi connectivity index (χ1v) is 7.60. The van der Waals surface area contributed by atoms with E-state index >= 15 is 0 Å². The molecule has 2 N–H and O–H groups in total. The lowest BCUT2D eigenvalue weighted by Crippen LogP contribution is -2.38. The van der Waals surface area contributed by atoms with E-state index in [2.05, 4.69) is 30.9 Å². The van der Waals surface area contributed by atoms with E-state index < -0.39 is 0 Å². The summed E-state index contributed by atoms with van der Waals surface area (Å²) in [6.45, 7) is 7.59. The summed E-state index contributed by atoms with van der Waals surface area (Å²) in [6, 6.07) is 12.1. The van der Waals surface area contributed by atoms with E-state index in [-0.39, 0.29) is 5.41 Å². The van der Waals surface area contributed by atoms with Gasteiger partial charge >= 0.3 is 0 Å². The van der Waals surface area contributed by atoms with Crippen LogP contribution in [0.4, 0.5) is 0 Å². The first-order valence-electron chi connectivity index (χ1n) is 7.60. The smallest absolute Gasteiger partial charge is 0.118 e. The number of hydrogen-bond acceptors (Lipinski definition) is 4. The van der Waals surface area contributed by atoms with Crippen LogP contribution in [0.15, 0.2) is 47.1 Å². The Balaban J connectivity index is 2.08. The van der Waals surface area contributed by atoms with Gasteiger partial charge in [0.2, 0.25) is 0 Å². The van der Waals surface area contributed by atoms with Gasteiger partial charge in [-0.25, -0.2) is 0 Å². The fourth-order valence-electron chi connectivity index (χ4n) is 2.45. The average molecular weight is 302 g/mol. The van der Waals surface area contributed by atoms with E-state index in [0.717, 1.165) is 31.1 Å². The van der Waals surface area contributed by atoms with Crippen molar-refractivity contribution in [3.8, 4) is 5.75 Å². The SMILES string of the molecule is COc1ccc(CN(Cc2ccco2)CC(C)(C)CN)cc1. The predicted molar refractivity (Wildman–Crippen MR) is 88.7 cm³/mol. The van der Waals surface area contributed by atoms with Gasteiger partial charge in [0.25, 0.3) is 0 Å². The molecule has 0 aliphatic carbocycles. The summed E-state index contributed by atoms with van der Waals surface area (Å²) in [6.07, 6.45) is 1.72. The van der Waals surface area contributed by atoms with Gasteiger partial charge in [-0.2, -0.15) is 0 Å². The summed E-state index contributed by atoms with van der Waals surface area (Å²) in [4.78, 5) is 2.37. The molecular weight excluding hydrogens is 276 g/mol. The molecule has 2 aromatic rings. The third-order valence-corrected chi connectivity index (χ3v) is 3.73. The largest absolute Gasteiger partial charge is 0.497 e. The lowest BCUT2D eigenvalue weighted by atomic mass is 9.93. The average Bonchev–Trinajstić information content (AvgIpc) is 3.00. The second-order valence-corrected chi connectivity index (χ2v) is 6.44. The Bertz CT molecular complexity index is 547. The van der Waals surface area contributed by atoms with Gasteiger partial charge in [0.05, 0.1) is 19.9 Å². The van der Waals surface area contributed by atoms with Gasteiger partial charge in [-0.05, 0) is 41.8 Å². The van der Waals surface area contributed by atoms with Crippen LogP contribution in [0.2, 0.25) is 0 Å². The first kappa shape index (κ1) is 16.6. The van der Waals surface area contributed by atoms with Gasteiger partial charge in [0.15, 0.2) is 0 Å². The molecule has 0 bridgehead atoms. The van der Waals surface area contributed by atoms with Crippen molar-refractivity contribution in [2.24, 2.45) is 11.1 Å². The summed E-state index contributed by atoms with van der Waals surface area (Å²) in [7, 11) is 1.68. The van der Waals surface area contributed by atoms with Crippen LogP contribution < -0.4 is 10.5 Å². The standard InChI is InChI=1S/C18H26N2O2/c1-18(2,13-19)14-20(12-17-5-4-10-22-17)11-15-6-8-16(21-3)9-7-15/h4-10H,11-14,19H2,1-3H3. The summed E-state index contributed by atoms with van der Waals surface area (Å²) in [5.41, 5.74) is 7.21. The first-order chi connectivity index (χ1) is 10.5. The van der Waals surface area contributed by atoms with Gasteiger partial charge in [-0.3, -0.25) is 4.90 Å². The van der Waals surface area contributed by atoms with Gasteiger partial charge in [-0.15, -0.1) is 0 Å². The summed E-state index contributed by atoms with van der Waals surface area (Å²) in [5, 5.41) is 0. The minimum atomic E-state index is 0.0685. The lowest BCUT2D eigenvalue weighted by Gasteiger charge is -2.31. The zero-order chi connectivity index (χ0) is 16.0. The highest BCUT2D eigenvalue weighted by molar-refractivity contribution is 5.27. The number of ether oxygens (including phenoxy) is 1. The number of methoxy groups -OCH3 is 1. The fourth-order valence-corrected chi connectivity index (χ4v) is 2.45. The molecule has 0 saturated carbocycles. The maximum absolute atomic E-state index is 5.89. The van der Waals surface area contributed by atoms with Crippen LogP contribution in [0.25, 0.3) is 0 Å². The number of nitrogens with two attached hydrogens (primary N) is 1. The number of nitrogens with zero attached hydrogens (tertiary/aromatic N) is 1. The van der Waals surface area contributed by atoms with Gasteiger partial charge in [0, 0.05) is 13.1 Å². The minimum absolute atomic E-state index is 0.0685. The maximum Gasteiger partial charge on any atom is 0.118 e. The molecule has 0 aliphatic rings. The minimum Gasteiger partial charge on any atom is -0.497 e. The lowest BCUT2D eigenvalue weighted by molar-refractivity contribution is 0.158. The number of furan rings is 1. The highest BCUT2D eigenvalue weighted by Gasteiger charge is 2.21. The maximum atomic E-state index is 5.89. The Morgan fingerprint density at radius 3 is 2.41 bits per heavy atom. The molecule has 1 heterocycles. The Morgan fingerprint density at radius 2 is 1.86 bits per heavy atom. The Morgan fingerprint density at radius 1 is 1.14 bits per heavy atom. The fraction of sp³-hybridized carbons (Fsp3) is 0.444. The Labute approximate surface area is 132 Å². The molecule has 0 spiro atoms. The summed E-state index contributed by atoms with van der Waals surface area (Å²) < 4.78 is 10.7. The van der Waals surface area contributed by atoms with Crippen molar-refractivity contribution in [2.75, 3.05) is 20.2 Å². The van der Waals surface area contributed by atoms with Crippen molar-refractivity contribution in [2.45, 2.75) is 26.9 Å². The predicted octanol–water partition coefficient (Wildman–Crippen LogP) is 3.28. The normalized spacial score (nSPS) is 11.9. The topological polar surface area (TPSA) is 51.6 Å². The molecule has 1 aromatic carbocycles. The zero-order valence-electron chi connectivity index (χ0n) is 13.7. The molecule has 0 fully saturated rings. The summed E-state index contributed by atoms with van der Waals surface area (Å²) in [5.74, 6) is 1.85. The molecule has 0 saturated heterocycles.